The van der Waals surface area contributed by atoms with E-state index in [1.54, 1.807) is 6.07 Å². The zero-order valence-electron chi connectivity index (χ0n) is 13.3. The molecule has 0 saturated carbocycles. The van der Waals surface area contributed by atoms with E-state index in [2.05, 4.69) is 15.4 Å². The van der Waals surface area contributed by atoms with Crippen molar-refractivity contribution in [2.24, 2.45) is 0 Å². The van der Waals surface area contributed by atoms with Gasteiger partial charge in [0.1, 0.15) is 5.75 Å². The minimum absolute atomic E-state index is 0.0630. The number of para-hydroxylation sites is 1. The monoisotopic (exact) mass is 350 g/mol. The third-order valence-electron chi connectivity index (χ3n) is 4.08. The molecule has 1 aliphatic carbocycles. The highest BCUT2D eigenvalue weighted by Gasteiger charge is 2.32. The highest BCUT2D eigenvalue weighted by Crippen LogP contribution is 2.30. The first-order valence-corrected chi connectivity index (χ1v) is 7.88. The van der Waals surface area contributed by atoms with Crippen molar-refractivity contribution in [2.75, 3.05) is 0 Å². The summed E-state index contributed by atoms with van der Waals surface area (Å²) in [7, 11) is 0. The van der Waals surface area contributed by atoms with Gasteiger partial charge in [-0.2, -0.15) is 0 Å². The Kier molecular flexibility index (Phi) is 4.83. The van der Waals surface area contributed by atoms with Gasteiger partial charge in [-0.05, 0) is 30.0 Å². The molecule has 0 saturated heterocycles. The molecule has 0 heterocycles. The van der Waals surface area contributed by atoms with Crippen molar-refractivity contribution in [1.82, 2.24) is 10.6 Å². The second-order valence-corrected chi connectivity index (χ2v) is 5.77. The molecule has 1 atom stereocenters. The number of aryl methyl sites for hydroxylation is 1. The predicted molar refractivity (Wildman–Crippen MR) is 86.0 cm³/mol. The first kappa shape index (κ1) is 17.1. The molecule has 0 fully saturated rings. The Labute approximate surface area is 143 Å². The summed E-state index contributed by atoms with van der Waals surface area (Å²) in [5, 5.41) is 5.45. The quantitative estimate of drug-likeness (QED) is 0.873. The molecule has 0 unspecified atom stereocenters. The van der Waals surface area contributed by atoms with Crippen molar-refractivity contribution in [3.8, 4) is 5.75 Å². The van der Waals surface area contributed by atoms with Crippen LogP contribution in [0.25, 0.3) is 0 Å². The molecule has 7 heteroatoms. The van der Waals surface area contributed by atoms with Gasteiger partial charge >= 0.3 is 12.4 Å². The van der Waals surface area contributed by atoms with E-state index >= 15 is 0 Å². The number of carbonyl (C=O) groups is 1. The first-order chi connectivity index (χ1) is 11.9. The summed E-state index contributed by atoms with van der Waals surface area (Å²) < 4.78 is 41.2. The Morgan fingerprint density at radius 3 is 2.64 bits per heavy atom. The van der Waals surface area contributed by atoms with E-state index in [0.717, 1.165) is 18.4 Å². The molecule has 3 rings (SSSR count). The van der Waals surface area contributed by atoms with E-state index in [-0.39, 0.29) is 23.9 Å². The van der Waals surface area contributed by atoms with Gasteiger partial charge in [0.25, 0.3) is 0 Å². The molecular formula is C18H17F3N2O2. The van der Waals surface area contributed by atoms with E-state index < -0.39 is 12.4 Å². The van der Waals surface area contributed by atoms with Gasteiger partial charge in [0, 0.05) is 12.1 Å². The molecule has 0 radical (unpaired) electrons. The number of rotatable bonds is 4. The lowest BCUT2D eigenvalue weighted by Gasteiger charge is -2.16. The molecular weight excluding hydrogens is 333 g/mol. The Morgan fingerprint density at radius 1 is 1.12 bits per heavy atom. The Bertz CT molecular complexity index is 762. The molecule has 2 N–H and O–H groups in total. The van der Waals surface area contributed by atoms with Crippen LogP contribution in [0.5, 0.6) is 5.75 Å². The number of hydrogen-bond donors (Lipinski definition) is 2. The molecule has 0 bridgehead atoms. The van der Waals surface area contributed by atoms with Crippen molar-refractivity contribution in [2.45, 2.75) is 31.8 Å². The van der Waals surface area contributed by atoms with Crippen LogP contribution in [-0.4, -0.2) is 12.4 Å². The van der Waals surface area contributed by atoms with Gasteiger partial charge in [0.05, 0.1) is 6.04 Å². The fourth-order valence-electron chi connectivity index (χ4n) is 2.97. The van der Waals surface area contributed by atoms with Crippen molar-refractivity contribution in [3.63, 3.8) is 0 Å². The number of fused-ring (bicyclic) bond motifs is 1. The lowest BCUT2D eigenvalue weighted by Crippen LogP contribution is -2.37. The van der Waals surface area contributed by atoms with Crippen LogP contribution in [0.4, 0.5) is 18.0 Å². The standard InChI is InChI=1S/C18H17F3N2O2/c19-18(20,21)25-16-8-4-2-6-13(16)11-22-17(24)23-15-10-9-12-5-1-3-7-14(12)15/h1-8,15H,9-11H2,(H2,22,23,24)/t15-/m0/s1. The number of hydrogen-bond acceptors (Lipinski definition) is 2. The van der Waals surface area contributed by atoms with Crippen molar-refractivity contribution < 1.29 is 22.7 Å². The van der Waals surface area contributed by atoms with Crippen LogP contribution >= 0.6 is 0 Å². The largest absolute Gasteiger partial charge is 0.573 e. The molecule has 132 valence electrons. The van der Waals surface area contributed by atoms with Gasteiger partial charge in [-0.1, -0.05) is 42.5 Å². The van der Waals surface area contributed by atoms with Crippen LogP contribution in [0.2, 0.25) is 0 Å². The molecule has 2 aromatic carbocycles. The molecule has 4 nitrogen and oxygen atoms in total. The Balaban J connectivity index is 1.59. The molecule has 2 amide bonds. The zero-order valence-corrected chi connectivity index (χ0v) is 13.3. The summed E-state index contributed by atoms with van der Waals surface area (Å²) in [6, 6.07) is 13.1. The van der Waals surface area contributed by atoms with Crippen LogP contribution in [-0.2, 0) is 13.0 Å². The molecule has 0 aromatic heterocycles. The number of halogens is 3. The average Bonchev–Trinajstić information content (AvgIpc) is 2.96. The summed E-state index contributed by atoms with van der Waals surface area (Å²) in [6.07, 6.45) is -3.07. The number of carbonyl (C=O) groups excluding carboxylic acids is 1. The summed E-state index contributed by atoms with van der Waals surface area (Å²) >= 11 is 0. The SMILES string of the molecule is O=C(NCc1ccccc1OC(F)(F)F)N[C@H]1CCc2ccccc21. The van der Waals surface area contributed by atoms with Gasteiger partial charge in [0.15, 0.2) is 0 Å². The molecule has 0 aliphatic heterocycles. The maximum Gasteiger partial charge on any atom is 0.573 e. The van der Waals surface area contributed by atoms with Crippen LogP contribution < -0.4 is 15.4 Å². The summed E-state index contributed by atoms with van der Waals surface area (Å²) in [5.74, 6) is -0.318. The number of ether oxygens (including phenoxy) is 1. The number of amides is 2. The number of urea groups is 1. The Morgan fingerprint density at radius 2 is 1.84 bits per heavy atom. The lowest BCUT2D eigenvalue weighted by atomic mass is 10.1. The van der Waals surface area contributed by atoms with E-state index in [9.17, 15) is 18.0 Å². The number of alkyl halides is 3. The fourth-order valence-corrected chi connectivity index (χ4v) is 2.97. The molecule has 25 heavy (non-hydrogen) atoms. The normalized spacial score (nSPS) is 16.2. The highest BCUT2D eigenvalue weighted by atomic mass is 19.4. The number of nitrogens with one attached hydrogen (secondary N) is 2. The smallest absolute Gasteiger partial charge is 0.405 e. The Hall–Kier alpha value is -2.70. The lowest BCUT2D eigenvalue weighted by molar-refractivity contribution is -0.274. The fraction of sp³-hybridized carbons (Fsp3) is 0.278. The van der Waals surface area contributed by atoms with Crippen molar-refractivity contribution in [1.29, 1.82) is 0 Å². The molecule has 1 aliphatic rings. The van der Waals surface area contributed by atoms with Crippen molar-refractivity contribution in [3.05, 3.63) is 65.2 Å². The maximum absolute atomic E-state index is 12.4. The van der Waals surface area contributed by atoms with Crippen molar-refractivity contribution >= 4 is 6.03 Å². The van der Waals surface area contributed by atoms with Gasteiger partial charge in [-0.3, -0.25) is 0 Å². The minimum Gasteiger partial charge on any atom is -0.405 e. The van der Waals surface area contributed by atoms with Gasteiger partial charge in [0.2, 0.25) is 0 Å². The minimum atomic E-state index is -4.77. The van der Waals surface area contributed by atoms with Gasteiger partial charge < -0.3 is 15.4 Å². The third kappa shape index (κ3) is 4.43. The van der Waals surface area contributed by atoms with E-state index in [0.29, 0.717) is 0 Å². The van der Waals surface area contributed by atoms with E-state index in [1.807, 2.05) is 24.3 Å². The average molecular weight is 350 g/mol. The first-order valence-electron chi connectivity index (χ1n) is 7.88. The summed E-state index contributed by atoms with van der Waals surface area (Å²) in [6.45, 7) is -0.0630. The third-order valence-corrected chi connectivity index (χ3v) is 4.08. The van der Waals surface area contributed by atoms with Crippen LogP contribution in [0, 0.1) is 0 Å². The van der Waals surface area contributed by atoms with Crippen LogP contribution in [0.3, 0.4) is 0 Å². The maximum atomic E-state index is 12.4. The highest BCUT2D eigenvalue weighted by molar-refractivity contribution is 5.74. The zero-order chi connectivity index (χ0) is 17.9. The molecule has 0 spiro atoms. The molecule has 2 aromatic rings. The van der Waals surface area contributed by atoms with Crippen LogP contribution in [0.15, 0.2) is 48.5 Å². The van der Waals surface area contributed by atoms with Crippen LogP contribution in [0.1, 0.15) is 29.2 Å². The summed E-state index contributed by atoms with van der Waals surface area (Å²) in [5.41, 5.74) is 2.54. The second-order valence-electron chi connectivity index (χ2n) is 5.77. The van der Waals surface area contributed by atoms with E-state index in [4.69, 9.17) is 0 Å². The van der Waals surface area contributed by atoms with Gasteiger partial charge in [-0.15, -0.1) is 13.2 Å². The van der Waals surface area contributed by atoms with Gasteiger partial charge in [-0.25, -0.2) is 4.79 Å². The van der Waals surface area contributed by atoms with E-state index in [1.165, 1.54) is 23.8 Å². The predicted octanol–water partition coefficient (Wildman–Crippen LogP) is 4.07. The topological polar surface area (TPSA) is 50.4 Å². The number of benzene rings is 2. The second kappa shape index (κ2) is 7.04. The summed E-state index contributed by atoms with van der Waals surface area (Å²) in [4.78, 5) is 12.1.